The standard InChI is InChI=1S/C18H35NO5/c1-7-18(6,16(22)24-13-11-20)14-17(4,5)15(21)23-12-10-19(8-2)9-3/h20H,7-14H2,1-6H3. The number of nitrogens with zero attached hydrogens (tertiary/aromatic N) is 1. The fourth-order valence-corrected chi connectivity index (χ4v) is 2.70. The number of hydrogen-bond acceptors (Lipinski definition) is 6. The van der Waals surface area contributed by atoms with Gasteiger partial charge < -0.3 is 19.5 Å². The van der Waals surface area contributed by atoms with Crippen molar-refractivity contribution in [3.05, 3.63) is 0 Å². The maximum atomic E-state index is 12.4. The molecule has 0 rings (SSSR count). The van der Waals surface area contributed by atoms with Crippen LogP contribution in [0.5, 0.6) is 0 Å². The van der Waals surface area contributed by atoms with Crippen LogP contribution < -0.4 is 0 Å². The molecule has 0 aromatic rings. The minimum atomic E-state index is -0.785. The average molecular weight is 345 g/mol. The smallest absolute Gasteiger partial charge is 0.311 e. The summed E-state index contributed by atoms with van der Waals surface area (Å²) in [4.78, 5) is 26.8. The minimum Gasteiger partial charge on any atom is -0.464 e. The molecule has 0 fully saturated rings. The summed E-state index contributed by atoms with van der Waals surface area (Å²) in [5.41, 5.74) is -1.57. The van der Waals surface area contributed by atoms with Gasteiger partial charge >= 0.3 is 11.9 Å². The molecule has 0 spiro atoms. The van der Waals surface area contributed by atoms with Gasteiger partial charge in [0.05, 0.1) is 17.4 Å². The first-order valence-electron chi connectivity index (χ1n) is 8.84. The van der Waals surface area contributed by atoms with Crippen LogP contribution in [0.25, 0.3) is 0 Å². The highest BCUT2D eigenvalue weighted by molar-refractivity contribution is 5.80. The molecule has 0 radical (unpaired) electrons. The van der Waals surface area contributed by atoms with Crippen LogP contribution in [0.4, 0.5) is 0 Å². The summed E-state index contributed by atoms with van der Waals surface area (Å²) in [6.45, 7) is 14.1. The van der Waals surface area contributed by atoms with Gasteiger partial charge in [-0.2, -0.15) is 0 Å². The van der Waals surface area contributed by atoms with Crippen molar-refractivity contribution in [3.63, 3.8) is 0 Å². The molecule has 0 aliphatic rings. The van der Waals surface area contributed by atoms with E-state index in [2.05, 4.69) is 18.7 Å². The Labute approximate surface area is 146 Å². The average Bonchev–Trinajstić information content (AvgIpc) is 2.55. The van der Waals surface area contributed by atoms with E-state index in [1.54, 1.807) is 20.8 Å². The van der Waals surface area contributed by atoms with E-state index in [-0.39, 0.29) is 25.2 Å². The predicted molar refractivity (Wildman–Crippen MR) is 93.6 cm³/mol. The van der Waals surface area contributed by atoms with Crippen LogP contribution in [-0.4, -0.2) is 61.4 Å². The zero-order valence-corrected chi connectivity index (χ0v) is 16.2. The number of ether oxygens (including phenoxy) is 2. The summed E-state index contributed by atoms with van der Waals surface area (Å²) < 4.78 is 10.5. The molecule has 0 amide bonds. The molecule has 142 valence electrons. The molecule has 0 aliphatic carbocycles. The van der Waals surface area contributed by atoms with Gasteiger partial charge in [0.1, 0.15) is 13.2 Å². The monoisotopic (exact) mass is 345 g/mol. The van der Waals surface area contributed by atoms with Gasteiger partial charge in [-0.15, -0.1) is 0 Å². The third-order valence-corrected chi connectivity index (χ3v) is 4.52. The van der Waals surface area contributed by atoms with Crippen molar-refractivity contribution in [2.45, 2.75) is 54.4 Å². The second kappa shape index (κ2) is 10.7. The Morgan fingerprint density at radius 2 is 1.50 bits per heavy atom. The Morgan fingerprint density at radius 3 is 1.96 bits per heavy atom. The van der Waals surface area contributed by atoms with Crippen molar-refractivity contribution < 1.29 is 24.2 Å². The van der Waals surface area contributed by atoms with Gasteiger partial charge in [-0.3, -0.25) is 9.59 Å². The van der Waals surface area contributed by atoms with Crippen molar-refractivity contribution in [3.8, 4) is 0 Å². The molecule has 6 nitrogen and oxygen atoms in total. The van der Waals surface area contributed by atoms with Gasteiger partial charge in [-0.1, -0.05) is 20.8 Å². The third-order valence-electron chi connectivity index (χ3n) is 4.52. The lowest BCUT2D eigenvalue weighted by Crippen LogP contribution is -2.39. The van der Waals surface area contributed by atoms with Crippen LogP contribution in [0.1, 0.15) is 54.4 Å². The first-order chi connectivity index (χ1) is 11.2. The quantitative estimate of drug-likeness (QED) is 0.547. The Hall–Kier alpha value is -1.14. The molecule has 0 saturated carbocycles. The van der Waals surface area contributed by atoms with Crippen LogP contribution in [-0.2, 0) is 19.1 Å². The third kappa shape index (κ3) is 7.18. The van der Waals surface area contributed by atoms with Crippen LogP contribution >= 0.6 is 0 Å². The van der Waals surface area contributed by atoms with Gasteiger partial charge in [-0.05, 0) is 46.7 Å². The topological polar surface area (TPSA) is 76.1 Å². The Kier molecular flexibility index (Phi) is 10.2. The number of carbonyl (C=O) groups excluding carboxylic acids is 2. The van der Waals surface area contributed by atoms with Gasteiger partial charge in [0.2, 0.25) is 0 Å². The minimum absolute atomic E-state index is 0.0246. The van der Waals surface area contributed by atoms with E-state index in [0.29, 0.717) is 26.0 Å². The van der Waals surface area contributed by atoms with Crippen molar-refractivity contribution in [1.82, 2.24) is 4.90 Å². The zero-order chi connectivity index (χ0) is 18.8. The van der Waals surface area contributed by atoms with E-state index in [0.717, 1.165) is 13.1 Å². The van der Waals surface area contributed by atoms with E-state index in [1.165, 1.54) is 0 Å². The maximum absolute atomic E-state index is 12.4. The van der Waals surface area contributed by atoms with E-state index < -0.39 is 10.8 Å². The van der Waals surface area contributed by atoms with Crippen LogP contribution in [0.15, 0.2) is 0 Å². The largest absolute Gasteiger partial charge is 0.464 e. The fourth-order valence-electron chi connectivity index (χ4n) is 2.70. The van der Waals surface area contributed by atoms with E-state index in [1.807, 2.05) is 6.92 Å². The first-order valence-corrected chi connectivity index (χ1v) is 8.84. The predicted octanol–water partition coefficient (Wildman–Crippen LogP) is 2.24. The van der Waals surface area contributed by atoms with E-state index in [9.17, 15) is 9.59 Å². The number of hydrogen-bond donors (Lipinski definition) is 1. The lowest BCUT2D eigenvalue weighted by Gasteiger charge is -2.33. The summed E-state index contributed by atoms with van der Waals surface area (Å²) in [5.74, 6) is -0.688. The van der Waals surface area contributed by atoms with E-state index in [4.69, 9.17) is 14.6 Å². The number of aliphatic hydroxyl groups is 1. The van der Waals surface area contributed by atoms with Crippen LogP contribution in [0, 0.1) is 10.8 Å². The van der Waals surface area contributed by atoms with Crippen LogP contribution in [0.2, 0.25) is 0 Å². The fraction of sp³-hybridized carbons (Fsp3) is 0.889. The molecule has 6 heteroatoms. The lowest BCUT2D eigenvalue weighted by molar-refractivity contribution is -0.163. The molecule has 0 aliphatic heterocycles. The molecule has 1 unspecified atom stereocenters. The highest BCUT2D eigenvalue weighted by Crippen LogP contribution is 2.38. The number of aliphatic hydroxyl groups excluding tert-OH is 1. The van der Waals surface area contributed by atoms with Crippen LogP contribution in [0.3, 0.4) is 0 Å². The SMILES string of the molecule is CCN(CC)CCOC(=O)C(C)(C)CC(C)(CC)C(=O)OCCO. The molecule has 0 heterocycles. The second-order valence-corrected chi connectivity index (χ2v) is 7.00. The van der Waals surface area contributed by atoms with Gasteiger partial charge in [-0.25, -0.2) is 0 Å². The Morgan fingerprint density at radius 1 is 0.958 bits per heavy atom. The molecule has 0 saturated heterocycles. The Balaban J connectivity index is 4.71. The summed E-state index contributed by atoms with van der Waals surface area (Å²) in [6, 6.07) is 0. The Bertz CT molecular complexity index is 393. The molecule has 0 bridgehead atoms. The van der Waals surface area contributed by atoms with Crippen molar-refractivity contribution in [2.75, 3.05) is 39.5 Å². The second-order valence-electron chi connectivity index (χ2n) is 7.00. The highest BCUT2D eigenvalue weighted by atomic mass is 16.5. The molecule has 0 aromatic heterocycles. The molecule has 24 heavy (non-hydrogen) atoms. The zero-order valence-electron chi connectivity index (χ0n) is 16.2. The van der Waals surface area contributed by atoms with Gasteiger partial charge in [0.15, 0.2) is 0 Å². The highest BCUT2D eigenvalue weighted by Gasteiger charge is 2.42. The summed E-state index contributed by atoms with van der Waals surface area (Å²) in [6.07, 6.45) is 0.887. The van der Waals surface area contributed by atoms with Crippen molar-refractivity contribution in [1.29, 1.82) is 0 Å². The number of likely N-dealkylation sites (N-methyl/N-ethyl adjacent to an activating group) is 1. The number of esters is 2. The van der Waals surface area contributed by atoms with Gasteiger partial charge in [0.25, 0.3) is 0 Å². The molecule has 1 N–H and O–H groups in total. The molecular formula is C18H35NO5. The lowest BCUT2D eigenvalue weighted by atomic mass is 9.72. The maximum Gasteiger partial charge on any atom is 0.311 e. The first kappa shape index (κ1) is 22.9. The van der Waals surface area contributed by atoms with Crippen molar-refractivity contribution in [2.24, 2.45) is 10.8 Å². The van der Waals surface area contributed by atoms with Crippen molar-refractivity contribution >= 4 is 11.9 Å². The number of rotatable bonds is 12. The summed E-state index contributed by atoms with van der Waals surface area (Å²) >= 11 is 0. The molecule has 1 atom stereocenters. The summed E-state index contributed by atoms with van der Waals surface area (Å²) in [7, 11) is 0. The van der Waals surface area contributed by atoms with Gasteiger partial charge in [0, 0.05) is 6.54 Å². The number of carbonyl (C=O) groups is 2. The van der Waals surface area contributed by atoms with E-state index >= 15 is 0 Å². The molecule has 0 aromatic carbocycles. The summed E-state index contributed by atoms with van der Waals surface area (Å²) in [5, 5.41) is 8.80. The normalized spacial score (nSPS) is 14.3. The molecular weight excluding hydrogens is 310 g/mol.